The summed E-state index contributed by atoms with van der Waals surface area (Å²) in [4.78, 5) is 0.389. The van der Waals surface area contributed by atoms with Crippen LogP contribution in [0.25, 0.3) is 6.08 Å². The van der Waals surface area contributed by atoms with E-state index in [9.17, 15) is 8.42 Å². The van der Waals surface area contributed by atoms with Gasteiger partial charge in [-0.1, -0.05) is 82.3 Å². The fourth-order valence-electron chi connectivity index (χ4n) is 4.06. The van der Waals surface area contributed by atoms with Crippen LogP contribution in [0.5, 0.6) is 0 Å². The van der Waals surface area contributed by atoms with Gasteiger partial charge in [-0.3, -0.25) is 0 Å². The smallest absolute Gasteiger partial charge is 0.207 e. The van der Waals surface area contributed by atoms with E-state index in [4.69, 9.17) is 0 Å². The van der Waals surface area contributed by atoms with Crippen LogP contribution >= 0.6 is 0 Å². The largest absolute Gasteiger partial charge is 0.243 e. The standard InChI is InChI=1S/C25H33NO2S/c1-20(2)22-12-15-24(16-13-22)29(27,28)26-18-8-17-25(3,4)19-23(26)14-11-21-9-6-5-7-10-21/h5-7,9-16,20,23H,8,17-19H2,1-4H3. The molecule has 2 aromatic carbocycles. The molecule has 1 fully saturated rings. The quantitative estimate of drug-likeness (QED) is 0.597. The maximum absolute atomic E-state index is 13.5. The summed E-state index contributed by atoms with van der Waals surface area (Å²) in [5.74, 6) is 0.382. The average molecular weight is 412 g/mol. The molecule has 1 atom stereocenters. The van der Waals surface area contributed by atoms with Crippen LogP contribution in [0, 0.1) is 5.41 Å². The van der Waals surface area contributed by atoms with E-state index in [1.807, 2.05) is 42.5 Å². The van der Waals surface area contributed by atoms with Gasteiger partial charge in [0.05, 0.1) is 4.90 Å². The molecule has 0 aliphatic carbocycles. The molecule has 1 unspecified atom stereocenters. The average Bonchev–Trinajstić information content (AvgIpc) is 2.85. The van der Waals surface area contributed by atoms with Gasteiger partial charge >= 0.3 is 0 Å². The molecule has 0 spiro atoms. The first-order valence-corrected chi connectivity index (χ1v) is 12.0. The molecule has 1 aliphatic heterocycles. The summed E-state index contributed by atoms with van der Waals surface area (Å²) in [6.45, 7) is 9.27. The van der Waals surface area contributed by atoms with Crippen molar-refractivity contribution in [3.8, 4) is 0 Å². The molecule has 0 radical (unpaired) electrons. The van der Waals surface area contributed by atoms with Gasteiger partial charge in [-0.05, 0) is 53.9 Å². The lowest BCUT2D eigenvalue weighted by Gasteiger charge is -2.30. The van der Waals surface area contributed by atoms with E-state index in [1.165, 1.54) is 0 Å². The van der Waals surface area contributed by atoms with Crippen LogP contribution in [-0.2, 0) is 10.0 Å². The second kappa shape index (κ2) is 8.85. The maximum atomic E-state index is 13.5. The fourth-order valence-corrected chi connectivity index (χ4v) is 5.68. The summed E-state index contributed by atoms with van der Waals surface area (Å²) in [7, 11) is -3.55. The van der Waals surface area contributed by atoms with Crippen molar-refractivity contribution in [2.24, 2.45) is 5.41 Å². The number of nitrogens with zero attached hydrogens (tertiary/aromatic N) is 1. The number of hydrogen-bond donors (Lipinski definition) is 0. The second-order valence-corrected chi connectivity index (χ2v) is 11.0. The number of benzene rings is 2. The first kappa shape index (κ1) is 21.8. The predicted octanol–water partition coefficient (Wildman–Crippen LogP) is 6.09. The summed E-state index contributed by atoms with van der Waals surface area (Å²) in [6, 6.07) is 17.3. The van der Waals surface area contributed by atoms with Crippen molar-refractivity contribution in [2.75, 3.05) is 6.54 Å². The molecular formula is C25H33NO2S. The fraction of sp³-hybridized carbons (Fsp3) is 0.440. The minimum absolute atomic E-state index is 0.109. The Morgan fingerprint density at radius 3 is 2.31 bits per heavy atom. The van der Waals surface area contributed by atoms with E-state index in [0.717, 1.165) is 30.4 Å². The molecular weight excluding hydrogens is 378 g/mol. The number of sulfonamides is 1. The van der Waals surface area contributed by atoms with Crippen LogP contribution in [0.3, 0.4) is 0 Å². The van der Waals surface area contributed by atoms with Crippen LogP contribution in [0.2, 0.25) is 0 Å². The molecule has 1 aliphatic rings. The zero-order valence-electron chi connectivity index (χ0n) is 18.0. The molecule has 0 N–H and O–H groups in total. The maximum Gasteiger partial charge on any atom is 0.243 e. The molecule has 0 amide bonds. The molecule has 4 heteroatoms. The molecule has 3 rings (SSSR count). The lowest BCUT2D eigenvalue weighted by molar-refractivity contribution is 0.282. The van der Waals surface area contributed by atoms with Crippen LogP contribution in [-0.4, -0.2) is 25.3 Å². The Kier molecular flexibility index (Phi) is 6.65. The third kappa shape index (κ3) is 5.37. The van der Waals surface area contributed by atoms with Gasteiger partial charge in [0.25, 0.3) is 0 Å². The van der Waals surface area contributed by atoms with Crippen molar-refractivity contribution in [1.82, 2.24) is 4.31 Å². The molecule has 1 saturated heterocycles. The van der Waals surface area contributed by atoms with Gasteiger partial charge in [-0.2, -0.15) is 4.31 Å². The summed E-state index contributed by atoms with van der Waals surface area (Å²) < 4.78 is 28.8. The summed E-state index contributed by atoms with van der Waals surface area (Å²) in [6.07, 6.45) is 6.85. The van der Waals surface area contributed by atoms with Gasteiger partial charge < -0.3 is 0 Å². The highest BCUT2D eigenvalue weighted by molar-refractivity contribution is 7.89. The van der Waals surface area contributed by atoms with Crippen molar-refractivity contribution >= 4 is 16.1 Å². The third-order valence-corrected chi connectivity index (χ3v) is 7.77. The highest BCUT2D eigenvalue weighted by atomic mass is 32.2. The zero-order chi connectivity index (χ0) is 21.1. The van der Waals surface area contributed by atoms with Crippen LogP contribution in [0.1, 0.15) is 64.0 Å². The second-order valence-electron chi connectivity index (χ2n) is 9.15. The van der Waals surface area contributed by atoms with Crippen LogP contribution in [0.15, 0.2) is 65.6 Å². The Balaban J connectivity index is 1.94. The monoisotopic (exact) mass is 411 g/mol. The lowest BCUT2D eigenvalue weighted by atomic mass is 9.83. The lowest BCUT2D eigenvalue weighted by Crippen LogP contribution is -2.39. The van der Waals surface area contributed by atoms with Gasteiger partial charge in [0.1, 0.15) is 0 Å². The van der Waals surface area contributed by atoms with Crippen LogP contribution < -0.4 is 0 Å². The zero-order valence-corrected chi connectivity index (χ0v) is 18.8. The first-order chi connectivity index (χ1) is 13.7. The van der Waals surface area contributed by atoms with Gasteiger partial charge in [0.15, 0.2) is 0 Å². The Hall–Kier alpha value is -1.91. The van der Waals surface area contributed by atoms with Crippen molar-refractivity contribution in [2.45, 2.75) is 63.8 Å². The van der Waals surface area contributed by atoms with Crippen molar-refractivity contribution in [3.05, 3.63) is 71.8 Å². The van der Waals surface area contributed by atoms with E-state index >= 15 is 0 Å². The molecule has 29 heavy (non-hydrogen) atoms. The van der Waals surface area contributed by atoms with E-state index in [2.05, 4.69) is 39.8 Å². The minimum Gasteiger partial charge on any atom is -0.207 e. The van der Waals surface area contributed by atoms with E-state index in [0.29, 0.717) is 17.4 Å². The summed E-state index contributed by atoms with van der Waals surface area (Å²) in [5.41, 5.74) is 2.35. The van der Waals surface area contributed by atoms with E-state index < -0.39 is 10.0 Å². The summed E-state index contributed by atoms with van der Waals surface area (Å²) >= 11 is 0. The Bertz CT molecular complexity index is 929. The Morgan fingerprint density at radius 1 is 1.03 bits per heavy atom. The van der Waals surface area contributed by atoms with Gasteiger partial charge in [0.2, 0.25) is 10.0 Å². The first-order valence-electron chi connectivity index (χ1n) is 10.5. The molecule has 1 heterocycles. The molecule has 0 saturated carbocycles. The molecule has 156 valence electrons. The Morgan fingerprint density at radius 2 is 1.69 bits per heavy atom. The molecule has 3 nitrogen and oxygen atoms in total. The van der Waals surface area contributed by atoms with Crippen LogP contribution in [0.4, 0.5) is 0 Å². The van der Waals surface area contributed by atoms with Gasteiger partial charge in [0, 0.05) is 12.6 Å². The van der Waals surface area contributed by atoms with Crippen molar-refractivity contribution in [3.63, 3.8) is 0 Å². The normalized spacial score (nSPS) is 20.8. The molecule has 0 bridgehead atoms. The highest BCUT2D eigenvalue weighted by Crippen LogP contribution is 2.36. The SMILES string of the molecule is CC(C)c1ccc(S(=O)(=O)N2CCCC(C)(C)CC2C=Cc2ccccc2)cc1. The minimum atomic E-state index is -3.55. The van der Waals surface area contributed by atoms with Gasteiger partial charge in [-0.15, -0.1) is 0 Å². The van der Waals surface area contributed by atoms with E-state index in [1.54, 1.807) is 16.4 Å². The third-order valence-electron chi connectivity index (χ3n) is 5.83. The molecule has 2 aromatic rings. The summed E-state index contributed by atoms with van der Waals surface area (Å²) in [5, 5.41) is 0. The van der Waals surface area contributed by atoms with Crippen molar-refractivity contribution in [1.29, 1.82) is 0 Å². The van der Waals surface area contributed by atoms with E-state index in [-0.39, 0.29) is 11.5 Å². The number of hydrogen-bond acceptors (Lipinski definition) is 2. The highest BCUT2D eigenvalue weighted by Gasteiger charge is 2.36. The van der Waals surface area contributed by atoms with Crippen molar-refractivity contribution < 1.29 is 8.42 Å². The topological polar surface area (TPSA) is 37.4 Å². The Labute approximate surface area is 176 Å². The van der Waals surface area contributed by atoms with Gasteiger partial charge in [-0.25, -0.2) is 8.42 Å². The predicted molar refractivity (Wildman–Crippen MR) is 121 cm³/mol. The molecule has 0 aromatic heterocycles. The number of rotatable bonds is 5.